The Hall–Kier alpha value is -1.80. The van der Waals surface area contributed by atoms with Crippen molar-refractivity contribution >= 4 is 22.2 Å². The summed E-state index contributed by atoms with van der Waals surface area (Å²) >= 11 is 0. The third kappa shape index (κ3) is 8.17. The Morgan fingerprint density at radius 3 is 2.22 bits per heavy atom. The van der Waals surface area contributed by atoms with Crippen molar-refractivity contribution in [3.05, 3.63) is 30.1 Å². The van der Waals surface area contributed by atoms with E-state index in [1.165, 1.54) is 12.1 Å². The first-order valence-corrected chi connectivity index (χ1v) is 10.5. The average Bonchev–Trinajstić information content (AvgIpc) is 2.53. The van der Waals surface area contributed by atoms with Crippen molar-refractivity contribution in [2.75, 3.05) is 0 Å². The molecule has 8 heteroatoms. The minimum atomic E-state index is -3.88. The van der Waals surface area contributed by atoms with Crippen molar-refractivity contribution in [1.82, 2.24) is 10.0 Å². The van der Waals surface area contributed by atoms with Gasteiger partial charge in [0.2, 0.25) is 15.9 Å². The molecule has 0 radical (unpaired) electrons. The van der Waals surface area contributed by atoms with Crippen LogP contribution in [-0.2, 0) is 19.6 Å². The Kier molecular flexibility index (Phi) is 9.05. The highest BCUT2D eigenvalue weighted by Crippen LogP contribution is 2.15. The van der Waals surface area contributed by atoms with Gasteiger partial charge >= 0.3 is 0 Å². The van der Waals surface area contributed by atoms with Crippen LogP contribution in [0.15, 0.2) is 29.2 Å². The predicted molar refractivity (Wildman–Crippen MR) is 102 cm³/mol. The van der Waals surface area contributed by atoms with Gasteiger partial charge in [0, 0.05) is 24.9 Å². The Balaban J connectivity index is 2.81. The zero-order valence-electron chi connectivity index (χ0n) is 16.2. The van der Waals surface area contributed by atoms with Crippen molar-refractivity contribution < 1.29 is 22.4 Å². The van der Waals surface area contributed by atoms with Gasteiger partial charge in [-0.2, -0.15) is 0 Å². The molecule has 0 aliphatic heterocycles. The lowest BCUT2D eigenvalue weighted by Crippen LogP contribution is -2.44. The standard InChI is InChI=1S/C19H29FN2O4S/c1-13(2)11-16(9-10-23)21-19(24)12-18(14(3)4)22-27(25,26)17-7-5-15(20)6-8-17/h5-8,10,13-14,16,18,22H,9,11-12H2,1-4H3,(H,21,24)/t16-,18+/m1/s1. The molecule has 0 spiro atoms. The molecule has 1 amide bonds. The molecule has 0 aliphatic carbocycles. The third-order valence-corrected chi connectivity index (χ3v) is 5.65. The highest BCUT2D eigenvalue weighted by molar-refractivity contribution is 7.89. The SMILES string of the molecule is CC(C)C[C@@H](CC=O)NC(=O)C[C@H](NS(=O)(=O)c1ccc(F)cc1)C(C)C. The highest BCUT2D eigenvalue weighted by atomic mass is 32.2. The topological polar surface area (TPSA) is 92.3 Å². The number of amides is 1. The fourth-order valence-electron chi connectivity index (χ4n) is 2.68. The molecule has 0 unspecified atom stereocenters. The average molecular weight is 401 g/mol. The largest absolute Gasteiger partial charge is 0.353 e. The summed E-state index contributed by atoms with van der Waals surface area (Å²) in [5.41, 5.74) is 0. The Bertz CT molecular complexity index is 718. The van der Waals surface area contributed by atoms with E-state index in [9.17, 15) is 22.4 Å². The van der Waals surface area contributed by atoms with E-state index in [0.717, 1.165) is 18.4 Å². The molecule has 0 aliphatic rings. The van der Waals surface area contributed by atoms with Gasteiger partial charge in [-0.15, -0.1) is 0 Å². The van der Waals surface area contributed by atoms with Crippen LogP contribution in [0, 0.1) is 17.7 Å². The van der Waals surface area contributed by atoms with E-state index in [1.54, 1.807) is 0 Å². The summed E-state index contributed by atoms with van der Waals surface area (Å²) in [4.78, 5) is 23.1. The van der Waals surface area contributed by atoms with Gasteiger partial charge in [0.25, 0.3) is 0 Å². The minimum Gasteiger partial charge on any atom is -0.353 e. The first-order valence-electron chi connectivity index (χ1n) is 9.06. The van der Waals surface area contributed by atoms with Gasteiger partial charge in [0.15, 0.2) is 0 Å². The molecule has 0 saturated carbocycles. The zero-order chi connectivity index (χ0) is 20.6. The molecule has 6 nitrogen and oxygen atoms in total. The van der Waals surface area contributed by atoms with Crippen LogP contribution in [0.25, 0.3) is 0 Å². The van der Waals surface area contributed by atoms with Gasteiger partial charge in [-0.3, -0.25) is 4.79 Å². The van der Waals surface area contributed by atoms with Gasteiger partial charge in [-0.25, -0.2) is 17.5 Å². The molecule has 152 valence electrons. The Labute approximate surface area is 161 Å². The molecule has 0 aromatic heterocycles. The monoisotopic (exact) mass is 400 g/mol. The summed E-state index contributed by atoms with van der Waals surface area (Å²) < 4.78 is 40.5. The van der Waals surface area contributed by atoms with Crippen molar-refractivity contribution in [1.29, 1.82) is 0 Å². The van der Waals surface area contributed by atoms with Crippen molar-refractivity contribution in [2.45, 2.75) is 63.9 Å². The molecule has 2 N–H and O–H groups in total. The zero-order valence-corrected chi connectivity index (χ0v) is 17.1. The van der Waals surface area contributed by atoms with E-state index in [0.29, 0.717) is 12.3 Å². The quantitative estimate of drug-likeness (QED) is 0.559. The second-order valence-electron chi connectivity index (χ2n) is 7.43. The molecule has 27 heavy (non-hydrogen) atoms. The molecule has 1 aromatic carbocycles. The molecule has 0 saturated heterocycles. The lowest BCUT2D eigenvalue weighted by Gasteiger charge is -2.24. The Morgan fingerprint density at radius 2 is 1.74 bits per heavy atom. The molecule has 2 atom stereocenters. The van der Waals surface area contributed by atoms with Crippen molar-refractivity contribution in [3.8, 4) is 0 Å². The van der Waals surface area contributed by atoms with E-state index in [-0.39, 0.29) is 35.6 Å². The Morgan fingerprint density at radius 1 is 1.15 bits per heavy atom. The van der Waals surface area contributed by atoms with E-state index < -0.39 is 21.9 Å². The maximum atomic E-state index is 13.0. The van der Waals surface area contributed by atoms with Gasteiger partial charge < -0.3 is 10.1 Å². The smallest absolute Gasteiger partial charge is 0.240 e. The fourth-order valence-corrected chi connectivity index (χ4v) is 4.06. The molecule has 0 bridgehead atoms. The molecule has 0 fully saturated rings. The number of carbonyl (C=O) groups is 2. The second kappa shape index (κ2) is 10.5. The van der Waals surface area contributed by atoms with Crippen LogP contribution in [0.5, 0.6) is 0 Å². The van der Waals surface area contributed by atoms with Crippen LogP contribution in [0.4, 0.5) is 4.39 Å². The number of rotatable bonds is 11. The number of sulfonamides is 1. The molecular weight excluding hydrogens is 371 g/mol. The molecule has 1 aromatic rings. The van der Waals surface area contributed by atoms with Crippen LogP contribution < -0.4 is 10.0 Å². The number of benzene rings is 1. The number of aldehydes is 1. The van der Waals surface area contributed by atoms with Crippen molar-refractivity contribution in [2.24, 2.45) is 11.8 Å². The third-order valence-electron chi connectivity index (χ3n) is 4.14. The number of halogens is 1. The second-order valence-corrected chi connectivity index (χ2v) is 9.14. The van der Waals surface area contributed by atoms with Crippen LogP contribution in [0.1, 0.15) is 47.0 Å². The predicted octanol–water partition coefficient (Wildman–Crippen LogP) is 2.64. The van der Waals surface area contributed by atoms with E-state index in [4.69, 9.17) is 0 Å². The van der Waals surface area contributed by atoms with Gasteiger partial charge in [0.05, 0.1) is 4.90 Å². The minimum absolute atomic E-state index is 0.0501. The van der Waals surface area contributed by atoms with E-state index >= 15 is 0 Å². The first kappa shape index (κ1) is 23.2. The molecule has 0 heterocycles. The van der Waals surface area contributed by atoms with Gasteiger partial charge in [-0.1, -0.05) is 27.7 Å². The fraction of sp³-hybridized carbons (Fsp3) is 0.579. The molecular formula is C19H29FN2O4S. The van der Waals surface area contributed by atoms with E-state index in [2.05, 4.69) is 10.0 Å². The maximum absolute atomic E-state index is 13.0. The van der Waals surface area contributed by atoms with Crippen LogP contribution in [-0.4, -0.2) is 32.7 Å². The summed E-state index contributed by atoms with van der Waals surface area (Å²) in [6.45, 7) is 7.61. The summed E-state index contributed by atoms with van der Waals surface area (Å²) in [5.74, 6) is -0.670. The summed E-state index contributed by atoms with van der Waals surface area (Å²) in [5, 5.41) is 2.81. The summed E-state index contributed by atoms with van der Waals surface area (Å²) in [6, 6.07) is 3.60. The highest BCUT2D eigenvalue weighted by Gasteiger charge is 2.25. The summed E-state index contributed by atoms with van der Waals surface area (Å²) in [7, 11) is -3.88. The first-order chi connectivity index (χ1) is 12.5. The number of nitrogens with one attached hydrogen (secondary N) is 2. The van der Waals surface area contributed by atoms with Crippen molar-refractivity contribution in [3.63, 3.8) is 0 Å². The van der Waals surface area contributed by atoms with Crippen LogP contribution >= 0.6 is 0 Å². The number of carbonyl (C=O) groups excluding carboxylic acids is 2. The maximum Gasteiger partial charge on any atom is 0.240 e. The number of hydrogen-bond donors (Lipinski definition) is 2. The van der Waals surface area contributed by atoms with Gasteiger partial charge in [0.1, 0.15) is 12.1 Å². The van der Waals surface area contributed by atoms with Gasteiger partial charge in [-0.05, 0) is 42.5 Å². The number of hydrogen-bond acceptors (Lipinski definition) is 4. The molecule has 1 rings (SSSR count). The normalized spacial score (nSPS) is 14.2. The van der Waals surface area contributed by atoms with Crippen LogP contribution in [0.3, 0.4) is 0 Å². The lowest BCUT2D eigenvalue weighted by atomic mass is 9.99. The van der Waals surface area contributed by atoms with Crippen LogP contribution in [0.2, 0.25) is 0 Å². The lowest BCUT2D eigenvalue weighted by molar-refractivity contribution is -0.122. The van der Waals surface area contributed by atoms with E-state index in [1.807, 2.05) is 27.7 Å². The summed E-state index contributed by atoms with van der Waals surface area (Å²) in [6.07, 6.45) is 1.60.